The third-order valence-corrected chi connectivity index (χ3v) is 4.55. The standard InChI is InChI=1S/C20H16FN3O7/c21-15-5-1-12(2-6-15)17(25)11-31-20(28)14-9-18(26)23(10-14)22-19(27)13-3-7-16(8-4-13)24(29)30/h1-8,14H,9-11H2,(H,22,27)/t14-/m0/s1. The fourth-order valence-corrected chi connectivity index (χ4v) is 2.87. The highest BCUT2D eigenvalue weighted by atomic mass is 19.1. The van der Waals surface area contributed by atoms with Crippen LogP contribution in [-0.4, -0.2) is 46.7 Å². The number of carbonyl (C=O) groups is 4. The molecule has 0 aliphatic carbocycles. The van der Waals surface area contributed by atoms with Gasteiger partial charge in [0, 0.05) is 29.7 Å². The maximum atomic E-state index is 12.9. The average molecular weight is 429 g/mol. The first-order valence-corrected chi connectivity index (χ1v) is 9.06. The van der Waals surface area contributed by atoms with Crippen LogP contribution in [0.25, 0.3) is 0 Å². The van der Waals surface area contributed by atoms with Crippen molar-refractivity contribution in [2.75, 3.05) is 13.2 Å². The second-order valence-electron chi connectivity index (χ2n) is 6.69. The van der Waals surface area contributed by atoms with Gasteiger partial charge in [0.05, 0.1) is 17.4 Å². The lowest BCUT2D eigenvalue weighted by molar-refractivity contribution is -0.384. The number of benzene rings is 2. The molecule has 11 heteroatoms. The summed E-state index contributed by atoms with van der Waals surface area (Å²) in [5.74, 6) is -3.90. The number of halogens is 1. The highest BCUT2D eigenvalue weighted by molar-refractivity contribution is 5.99. The number of rotatable bonds is 7. The molecule has 1 aliphatic rings. The van der Waals surface area contributed by atoms with Gasteiger partial charge in [0.15, 0.2) is 12.4 Å². The van der Waals surface area contributed by atoms with Gasteiger partial charge in [-0.3, -0.25) is 39.7 Å². The highest BCUT2D eigenvalue weighted by Gasteiger charge is 2.36. The van der Waals surface area contributed by atoms with Crippen LogP contribution in [0.1, 0.15) is 27.1 Å². The summed E-state index contributed by atoms with van der Waals surface area (Å²) in [6, 6.07) is 9.52. The molecular weight excluding hydrogens is 413 g/mol. The van der Waals surface area contributed by atoms with Crippen LogP contribution in [0.2, 0.25) is 0 Å². The van der Waals surface area contributed by atoms with Crippen LogP contribution in [0.5, 0.6) is 0 Å². The van der Waals surface area contributed by atoms with Gasteiger partial charge in [-0.2, -0.15) is 0 Å². The molecule has 0 radical (unpaired) electrons. The lowest BCUT2D eigenvalue weighted by atomic mass is 10.1. The van der Waals surface area contributed by atoms with Crippen LogP contribution < -0.4 is 5.43 Å². The van der Waals surface area contributed by atoms with Crippen LogP contribution in [0.4, 0.5) is 10.1 Å². The van der Waals surface area contributed by atoms with Crippen LogP contribution in [0, 0.1) is 21.8 Å². The van der Waals surface area contributed by atoms with Gasteiger partial charge in [-0.05, 0) is 36.4 Å². The van der Waals surface area contributed by atoms with Crippen LogP contribution in [-0.2, 0) is 14.3 Å². The maximum absolute atomic E-state index is 12.9. The molecule has 160 valence electrons. The Morgan fingerprint density at radius 1 is 1.10 bits per heavy atom. The van der Waals surface area contributed by atoms with E-state index in [1.165, 1.54) is 24.3 Å². The second kappa shape index (κ2) is 9.11. The van der Waals surface area contributed by atoms with E-state index in [2.05, 4.69) is 5.43 Å². The summed E-state index contributed by atoms with van der Waals surface area (Å²) in [6.45, 7) is -0.717. The Kier molecular flexibility index (Phi) is 6.34. The van der Waals surface area contributed by atoms with Crippen molar-refractivity contribution in [3.8, 4) is 0 Å². The number of ether oxygens (including phenoxy) is 1. The van der Waals surface area contributed by atoms with Gasteiger partial charge in [-0.25, -0.2) is 4.39 Å². The summed E-state index contributed by atoms with van der Waals surface area (Å²) in [5, 5.41) is 11.6. The molecule has 3 rings (SSSR count). The third-order valence-electron chi connectivity index (χ3n) is 4.55. The Balaban J connectivity index is 1.52. The number of Topliss-reactive ketones (excluding diaryl/α,β-unsaturated/α-hetero) is 1. The Bertz CT molecular complexity index is 1040. The number of nitrogens with zero attached hydrogens (tertiary/aromatic N) is 2. The molecular formula is C20H16FN3O7. The number of hydrogen-bond donors (Lipinski definition) is 1. The topological polar surface area (TPSA) is 136 Å². The van der Waals surface area contributed by atoms with Crippen molar-refractivity contribution >= 4 is 29.3 Å². The highest BCUT2D eigenvalue weighted by Crippen LogP contribution is 2.19. The van der Waals surface area contributed by atoms with Gasteiger partial charge in [0.1, 0.15) is 5.82 Å². The minimum atomic E-state index is -0.884. The molecule has 0 saturated carbocycles. The summed E-state index contributed by atoms with van der Waals surface area (Å²) in [4.78, 5) is 58.6. The molecule has 1 saturated heterocycles. The molecule has 0 spiro atoms. The van der Waals surface area contributed by atoms with Gasteiger partial charge < -0.3 is 4.74 Å². The molecule has 1 aliphatic heterocycles. The summed E-state index contributed by atoms with van der Waals surface area (Å²) >= 11 is 0. The first kappa shape index (κ1) is 21.6. The van der Waals surface area contributed by atoms with Crippen molar-refractivity contribution in [1.82, 2.24) is 10.4 Å². The van der Waals surface area contributed by atoms with Crippen molar-refractivity contribution < 1.29 is 33.2 Å². The predicted octanol–water partition coefficient (Wildman–Crippen LogP) is 1.65. The number of nitrogens with one attached hydrogen (secondary N) is 1. The van der Waals surface area contributed by atoms with Gasteiger partial charge in [0.25, 0.3) is 11.6 Å². The number of nitro groups is 1. The molecule has 2 aromatic carbocycles. The van der Waals surface area contributed by atoms with Crippen LogP contribution in [0.15, 0.2) is 48.5 Å². The normalized spacial score (nSPS) is 15.5. The molecule has 1 heterocycles. The van der Waals surface area contributed by atoms with Crippen molar-refractivity contribution in [2.45, 2.75) is 6.42 Å². The van der Waals surface area contributed by atoms with E-state index < -0.39 is 46.8 Å². The molecule has 1 fully saturated rings. The van der Waals surface area contributed by atoms with E-state index in [9.17, 15) is 33.7 Å². The third kappa shape index (κ3) is 5.26. The first-order chi connectivity index (χ1) is 14.7. The van der Waals surface area contributed by atoms with Crippen molar-refractivity contribution in [2.24, 2.45) is 5.92 Å². The number of non-ortho nitro benzene ring substituents is 1. The molecule has 1 atom stereocenters. The average Bonchev–Trinajstić information content (AvgIpc) is 3.12. The zero-order chi connectivity index (χ0) is 22.5. The van der Waals surface area contributed by atoms with E-state index >= 15 is 0 Å². The SMILES string of the molecule is O=C(COC(=O)[C@H]1CC(=O)N(NC(=O)c2ccc([N+](=O)[O-])cc2)C1)c1ccc(F)cc1. The summed E-state index contributed by atoms with van der Waals surface area (Å²) in [6.07, 6.45) is -0.218. The maximum Gasteiger partial charge on any atom is 0.311 e. The van der Waals surface area contributed by atoms with Crippen LogP contribution in [0.3, 0.4) is 0 Å². The summed E-state index contributed by atoms with van der Waals surface area (Å²) in [7, 11) is 0. The van der Waals surface area contributed by atoms with Gasteiger partial charge >= 0.3 is 5.97 Å². The quantitative estimate of drug-likeness (QED) is 0.306. The Labute approximate surface area is 174 Å². The van der Waals surface area contributed by atoms with Gasteiger partial charge in [-0.1, -0.05) is 0 Å². The van der Waals surface area contributed by atoms with Crippen molar-refractivity contribution in [3.05, 3.63) is 75.6 Å². The second-order valence-corrected chi connectivity index (χ2v) is 6.69. The molecule has 2 aromatic rings. The molecule has 31 heavy (non-hydrogen) atoms. The monoisotopic (exact) mass is 429 g/mol. The zero-order valence-electron chi connectivity index (χ0n) is 15.9. The Morgan fingerprint density at radius 3 is 2.32 bits per heavy atom. The molecule has 0 unspecified atom stereocenters. The van der Waals surface area contributed by atoms with Crippen molar-refractivity contribution in [3.63, 3.8) is 0 Å². The van der Waals surface area contributed by atoms with E-state index in [-0.39, 0.29) is 29.8 Å². The van der Waals surface area contributed by atoms with E-state index in [1.807, 2.05) is 0 Å². The largest absolute Gasteiger partial charge is 0.457 e. The number of nitro benzene ring substituents is 1. The fourth-order valence-electron chi connectivity index (χ4n) is 2.87. The number of ketones is 1. The van der Waals surface area contributed by atoms with E-state index in [1.54, 1.807) is 0 Å². The number of hydrogen-bond acceptors (Lipinski definition) is 7. The smallest absolute Gasteiger partial charge is 0.311 e. The van der Waals surface area contributed by atoms with E-state index in [0.717, 1.165) is 29.3 Å². The van der Waals surface area contributed by atoms with E-state index in [4.69, 9.17) is 4.74 Å². The van der Waals surface area contributed by atoms with E-state index in [0.29, 0.717) is 0 Å². The molecule has 10 nitrogen and oxygen atoms in total. The summed E-state index contributed by atoms with van der Waals surface area (Å²) in [5.41, 5.74) is 2.42. The zero-order valence-corrected chi connectivity index (χ0v) is 15.9. The fraction of sp³-hybridized carbons (Fsp3) is 0.200. The van der Waals surface area contributed by atoms with Crippen LogP contribution >= 0.6 is 0 Å². The lowest BCUT2D eigenvalue weighted by Gasteiger charge is -2.17. The van der Waals surface area contributed by atoms with Crippen molar-refractivity contribution in [1.29, 1.82) is 0 Å². The first-order valence-electron chi connectivity index (χ1n) is 9.06. The summed E-state index contributed by atoms with van der Waals surface area (Å²) < 4.78 is 17.9. The minimum absolute atomic E-state index is 0.0920. The number of hydrazine groups is 1. The number of esters is 1. The molecule has 0 aromatic heterocycles. The molecule has 1 N–H and O–H groups in total. The predicted molar refractivity (Wildman–Crippen MR) is 102 cm³/mol. The minimum Gasteiger partial charge on any atom is -0.457 e. The number of carbonyl (C=O) groups excluding carboxylic acids is 4. The number of amides is 2. The van der Waals surface area contributed by atoms with Gasteiger partial charge in [0.2, 0.25) is 5.91 Å². The lowest BCUT2D eigenvalue weighted by Crippen LogP contribution is -2.43. The Hall–Kier alpha value is -4.15. The van der Waals surface area contributed by atoms with Gasteiger partial charge in [-0.15, -0.1) is 0 Å². The Morgan fingerprint density at radius 2 is 1.71 bits per heavy atom. The molecule has 0 bridgehead atoms. The molecule has 2 amide bonds.